The van der Waals surface area contributed by atoms with Gasteiger partial charge in [-0.05, 0) is 37.0 Å². The third-order valence-electron chi connectivity index (χ3n) is 2.68. The first-order valence-electron chi connectivity index (χ1n) is 4.86. The number of primary amides is 1. The molecule has 2 N–H and O–H groups in total. The summed E-state index contributed by atoms with van der Waals surface area (Å²) in [5.74, 6) is 0. The lowest BCUT2D eigenvalue weighted by atomic mass is 9.97. The lowest BCUT2D eigenvalue weighted by molar-refractivity contribution is 0.0140. The van der Waals surface area contributed by atoms with E-state index in [0.29, 0.717) is 5.69 Å². The summed E-state index contributed by atoms with van der Waals surface area (Å²) in [5.41, 5.74) is 5.02. The van der Waals surface area contributed by atoms with Crippen LogP contribution in [0.3, 0.4) is 0 Å². The summed E-state index contributed by atoms with van der Waals surface area (Å²) in [6, 6.07) is 1.71. The maximum atomic E-state index is 10.9. The molecule has 1 aromatic rings. The number of amides is 1. The molecule has 0 radical (unpaired) electrons. The molecule has 2 rings (SSSR count). The topological polar surface area (TPSA) is 91.0 Å². The number of carbonyl (C=O) groups is 1. The summed E-state index contributed by atoms with van der Waals surface area (Å²) in [6.07, 6.45) is 4.25. The van der Waals surface area contributed by atoms with E-state index in [1.54, 1.807) is 6.07 Å². The van der Waals surface area contributed by atoms with Crippen molar-refractivity contribution in [1.82, 2.24) is 15.4 Å². The molecule has 6 nitrogen and oxygen atoms in total. The zero-order valence-electron chi connectivity index (χ0n) is 8.22. The van der Waals surface area contributed by atoms with Crippen LogP contribution >= 0.6 is 0 Å². The monoisotopic (exact) mass is 208 g/mol. The van der Waals surface area contributed by atoms with Crippen LogP contribution in [0.5, 0.6) is 0 Å². The fraction of sp³-hybridized carbons (Fsp3) is 0.556. The second kappa shape index (κ2) is 3.80. The van der Waals surface area contributed by atoms with Crippen LogP contribution in [0.15, 0.2) is 12.3 Å². The van der Waals surface area contributed by atoms with Gasteiger partial charge in [-0.1, -0.05) is 0 Å². The minimum absolute atomic E-state index is 0.633. The molecule has 1 heterocycles. The molecular weight excluding hydrogens is 196 g/mol. The molecule has 1 aliphatic rings. The Morgan fingerprint density at radius 2 is 2.20 bits per heavy atom. The zero-order valence-corrected chi connectivity index (χ0v) is 8.22. The Hall–Kier alpha value is -1.72. The number of aromatic nitrogens is 3. The molecule has 1 saturated carbocycles. The fourth-order valence-electron chi connectivity index (χ4n) is 2.03. The van der Waals surface area contributed by atoms with Crippen LogP contribution in [0.4, 0.5) is 4.79 Å². The van der Waals surface area contributed by atoms with E-state index in [9.17, 15) is 4.79 Å². The molecule has 1 aromatic heterocycles. The van der Waals surface area contributed by atoms with Crippen molar-refractivity contribution in [1.29, 1.82) is 0 Å². The van der Waals surface area contributed by atoms with Gasteiger partial charge in [-0.3, -0.25) is 0 Å². The summed E-state index contributed by atoms with van der Waals surface area (Å²) >= 11 is 0. The van der Waals surface area contributed by atoms with E-state index in [4.69, 9.17) is 10.5 Å². The van der Waals surface area contributed by atoms with Crippen LogP contribution in [0.1, 0.15) is 31.4 Å². The quantitative estimate of drug-likeness (QED) is 0.773. The number of rotatable bonds is 2. The van der Waals surface area contributed by atoms with Crippen LogP contribution in [0.2, 0.25) is 0 Å². The van der Waals surface area contributed by atoms with Crippen molar-refractivity contribution in [2.75, 3.05) is 0 Å². The van der Waals surface area contributed by atoms with Gasteiger partial charge in [0.25, 0.3) is 0 Å². The minimum atomic E-state index is -0.768. The minimum Gasteiger partial charge on any atom is -0.436 e. The number of carbonyl (C=O) groups excluding carboxylic acids is 1. The molecule has 1 amide bonds. The zero-order chi connectivity index (χ0) is 10.7. The molecule has 0 atom stereocenters. The van der Waals surface area contributed by atoms with E-state index in [-0.39, 0.29) is 0 Å². The Bertz CT molecular complexity index is 348. The maximum Gasteiger partial charge on any atom is 0.405 e. The molecule has 15 heavy (non-hydrogen) atoms. The van der Waals surface area contributed by atoms with Crippen molar-refractivity contribution >= 4 is 6.09 Å². The summed E-state index contributed by atoms with van der Waals surface area (Å²) in [6.45, 7) is 0. The van der Waals surface area contributed by atoms with Crippen LogP contribution in [-0.2, 0) is 10.3 Å². The third kappa shape index (κ3) is 1.88. The number of hydrogen-bond donors (Lipinski definition) is 1. The van der Waals surface area contributed by atoms with E-state index >= 15 is 0 Å². The predicted molar refractivity (Wildman–Crippen MR) is 50.6 cm³/mol. The molecular formula is C9H12N4O2. The van der Waals surface area contributed by atoms with E-state index < -0.39 is 11.7 Å². The lowest BCUT2D eigenvalue weighted by Gasteiger charge is -2.26. The number of ether oxygens (including phenoxy) is 1. The predicted octanol–water partition coefficient (Wildman–Crippen LogP) is 0.736. The highest BCUT2D eigenvalue weighted by Crippen LogP contribution is 2.40. The first-order valence-corrected chi connectivity index (χ1v) is 4.86. The fourth-order valence-corrected chi connectivity index (χ4v) is 2.03. The average Bonchev–Trinajstić information content (AvgIpc) is 2.68. The van der Waals surface area contributed by atoms with Gasteiger partial charge in [-0.25, -0.2) is 4.79 Å². The van der Waals surface area contributed by atoms with Crippen molar-refractivity contribution in [2.45, 2.75) is 31.3 Å². The summed E-state index contributed by atoms with van der Waals surface area (Å²) in [5, 5.41) is 11.0. The molecule has 0 saturated heterocycles. The van der Waals surface area contributed by atoms with Gasteiger partial charge in [0.2, 0.25) is 0 Å². The SMILES string of the molecule is NC(=O)OC1(c2ccnnn2)CCCC1. The first kappa shape index (κ1) is 9.82. The molecule has 0 spiro atoms. The van der Waals surface area contributed by atoms with Crippen LogP contribution < -0.4 is 5.73 Å². The normalized spacial score (nSPS) is 18.7. The largest absolute Gasteiger partial charge is 0.436 e. The van der Waals surface area contributed by atoms with Gasteiger partial charge in [0, 0.05) is 0 Å². The smallest absolute Gasteiger partial charge is 0.405 e. The third-order valence-corrected chi connectivity index (χ3v) is 2.68. The molecule has 80 valence electrons. The number of nitrogens with zero attached hydrogens (tertiary/aromatic N) is 3. The molecule has 0 aliphatic heterocycles. The molecule has 0 unspecified atom stereocenters. The molecule has 0 bridgehead atoms. The molecule has 1 aliphatic carbocycles. The Balaban J connectivity index is 2.30. The Kier molecular flexibility index (Phi) is 2.49. The highest BCUT2D eigenvalue weighted by Gasteiger charge is 2.40. The van der Waals surface area contributed by atoms with Gasteiger partial charge < -0.3 is 10.5 Å². The average molecular weight is 208 g/mol. The number of hydrogen-bond acceptors (Lipinski definition) is 5. The highest BCUT2D eigenvalue weighted by molar-refractivity contribution is 5.65. The Labute approximate surface area is 86.8 Å². The molecule has 0 aromatic carbocycles. The standard InChI is InChI=1S/C9H12N4O2/c10-8(14)15-9(4-1-2-5-9)7-3-6-11-13-12-7/h3,6H,1-2,4-5H2,(H2,10,14). The van der Waals surface area contributed by atoms with Gasteiger partial charge in [0.1, 0.15) is 5.69 Å². The van der Waals surface area contributed by atoms with Crippen molar-refractivity contribution in [3.05, 3.63) is 18.0 Å². The van der Waals surface area contributed by atoms with Gasteiger partial charge >= 0.3 is 6.09 Å². The summed E-state index contributed by atoms with van der Waals surface area (Å²) in [4.78, 5) is 10.9. The van der Waals surface area contributed by atoms with Crippen LogP contribution in [0.25, 0.3) is 0 Å². The second-order valence-corrected chi connectivity index (χ2v) is 3.63. The summed E-state index contributed by atoms with van der Waals surface area (Å²) < 4.78 is 5.19. The Morgan fingerprint density at radius 1 is 1.47 bits per heavy atom. The van der Waals surface area contributed by atoms with E-state index in [2.05, 4.69) is 15.4 Å². The second-order valence-electron chi connectivity index (χ2n) is 3.63. The number of nitrogens with two attached hydrogens (primary N) is 1. The van der Waals surface area contributed by atoms with Crippen molar-refractivity contribution in [2.24, 2.45) is 5.73 Å². The highest BCUT2D eigenvalue weighted by atomic mass is 16.6. The van der Waals surface area contributed by atoms with Crippen molar-refractivity contribution in [3.63, 3.8) is 0 Å². The first-order chi connectivity index (χ1) is 7.23. The molecule has 6 heteroatoms. The van der Waals surface area contributed by atoms with Gasteiger partial charge in [0.15, 0.2) is 5.60 Å². The van der Waals surface area contributed by atoms with E-state index in [1.807, 2.05) is 0 Å². The molecule has 1 fully saturated rings. The lowest BCUT2D eigenvalue weighted by Crippen LogP contribution is -2.33. The van der Waals surface area contributed by atoms with Crippen molar-refractivity contribution in [3.8, 4) is 0 Å². The van der Waals surface area contributed by atoms with E-state index in [1.165, 1.54) is 6.20 Å². The van der Waals surface area contributed by atoms with Crippen LogP contribution in [-0.4, -0.2) is 21.5 Å². The Morgan fingerprint density at radius 3 is 2.73 bits per heavy atom. The van der Waals surface area contributed by atoms with E-state index in [0.717, 1.165) is 25.7 Å². The summed E-state index contributed by atoms with van der Waals surface area (Å²) in [7, 11) is 0. The van der Waals surface area contributed by atoms with Crippen molar-refractivity contribution < 1.29 is 9.53 Å². The van der Waals surface area contributed by atoms with Crippen LogP contribution in [0, 0.1) is 0 Å². The van der Waals surface area contributed by atoms with Gasteiger partial charge in [0.05, 0.1) is 6.20 Å². The van der Waals surface area contributed by atoms with Gasteiger partial charge in [-0.15, -0.1) is 10.2 Å². The van der Waals surface area contributed by atoms with Gasteiger partial charge in [-0.2, -0.15) is 0 Å². The maximum absolute atomic E-state index is 10.9.